The zero-order chi connectivity index (χ0) is 14.7. The molecule has 2 rings (SSSR count). The van der Waals surface area contributed by atoms with Crippen LogP contribution in [-0.2, 0) is 6.54 Å². The minimum absolute atomic E-state index is 0.390. The van der Waals surface area contributed by atoms with Crippen molar-refractivity contribution in [3.8, 4) is 0 Å². The number of nitrogens with two attached hydrogens (primary N) is 1. The molecule has 1 aromatic carbocycles. The molecule has 20 heavy (non-hydrogen) atoms. The molecule has 0 saturated carbocycles. The number of thiocarbonyl (C=S) groups is 1. The molecule has 4 heteroatoms. The molecule has 0 aliphatic heterocycles. The van der Waals surface area contributed by atoms with E-state index in [9.17, 15) is 0 Å². The molecular formula is C16H19N3S. The highest BCUT2D eigenvalue weighted by Crippen LogP contribution is 2.21. The third-order valence-corrected chi connectivity index (χ3v) is 3.45. The Bertz CT molecular complexity index is 637. The Morgan fingerprint density at radius 3 is 2.70 bits per heavy atom. The monoisotopic (exact) mass is 285 g/mol. The molecule has 2 aromatic rings. The molecule has 2 N–H and O–H groups in total. The van der Waals surface area contributed by atoms with Crippen molar-refractivity contribution in [1.82, 2.24) is 4.98 Å². The van der Waals surface area contributed by atoms with Crippen LogP contribution in [-0.4, -0.2) is 17.0 Å². The Morgan fingerprint density at radius 2 is 2.05 bits per heavy atom. The number of hydrogen-bond acceptors (Lipinski definition) is 3. The summed E-state index contributed by atoms with van der Waals surface area (Å²) in [5.74, 6) is 0.832. The summed E-state index contributed by atoms with van der Waals surface area (Å²) in [6, 6.07) is 10.4. The van der Waals surface area contributed by atoms with Gasteiger partial charge in [-0.15, -0.1) is 0 Å². The van der Waals surface area contributed by atoms with E-state index in [4.69, 9.17) is 18.0 Å². The average molecular weight is 285 g/mol. The summed E-state index contributed by atoms with van der Waals surface area (Å²) in [4.78, 5) is 6.91. The fourth-order valence-electron chi connectivity index (χ4n) is 2.30. The van der Waals surface area contributed by atoms with Gasteiger partial charge in [0, 0.05) is 19.8 Å². The van der Waals surface area contributed by atoms with Crippen molar-refractivity contribution >= 4 is 23.0 Å². The fourth-order valence-corrected chi connectivity index (χ4v) is 2.55. The van der Waals surface area contributed by atoms with Crippen LogP contribution in [0.5, 0.6) is 0 Å². The number of nitrogens with zero attached hydrogens (tertiary/aromatic N) is 2. The number of aryl methyl sites for hydroxylation is 2. The van der Waals surface area contributed by atoms with Gasteiger partial charge in [0.25, 0.3) is 0 Å². The molecule has 3 nitrogen and oxygen atoms in total. The molecule has 0 saturated heterocycles. The van der Waals surface area contributed by atoms with Gasteiger partial charge >= 0.3 is 0 Å². The molecule has 0 amide bonds. The number of hydrogen-bond donors (Lipinski definition) is 1. The third kappa shape index (κ3) is 3.14. The summed E-state index contributed by atoms with van der Waals surface area (Å²) in [5, 5.41) is 0. The lowest BCUT2D eigenvalue weighted by atomic mass is 10.1. The zero-order valence-corrected chi connectivity index (χ0v) is 12.9. The highest BCUT2D eigenvalue weighted by atomic mass is 32.1. The summed E-state index contributed by atoms with van der Waals surface area (Å²) in [5.41, 5.74) is 10.2. The minimum Gasteiger partial charge on any atom is -0.389 e. The Kier molecular flexibility index (Phi) is 4.35. The summed E-state index contributed by atoms with van der Waals surface area (Å²) in [6.07, 6.45) is 1.79. The molecule has 0 aliphatic rings. The van der Waals surface area contributed by atoms with Gasteiger partial charge in [-0.25, -0.2) is 4.98 Å². The maximum atomic E-state index is 5.84. The van der Waals surface area contributed by atoms with E-state index in [0.29, 0.717) is 4.99 Å². The van der Waals surface area contributed by atoms with E-state index in [0.717, 1.165) is 23.5 Å². The van der Waals surface area contributed by atoms with Gasteiger partial charge in [-0.3, -0.25) is 0 Å². The van der Waals surface area contributed by atoms with E-state index < -0.39 is 0 Å². The van der Waals surface area contributed by atoms with Gasteiger partial charge in [-0.1, -0.05) is 42.0 Å². The molecule has 0 atom stereocenters. The Morgan fingerprint density at radius 1 is 1.30 bits per heavy atom. The van der Waals surface area contributed by atoms with E-state index in [1.807, 2.05) is 20.0 Å². The molecule has 0 radical (unpaired) electrons. The van der Waals surface area contributed by atoms with Crippen LogP contribution in [0.25, 0.3) is 0 Å². The van der Waals surface area contributed by atoms with Gasteiger partial charge < -0.3 is 10.6 Å². The molecule has 0 fully saturated rings. The van der Waals surface area contributed by atoms with Crippen LogP contribution in [0.15, 0.2) is 36.5 Å². The quantitative estimate of drug-likeness (QED) is 0.877. The van der Waals surface area contributed by atoms with Crippen molar-refractivity contribution in [2.75, 3.05) is 11.9 Å². The largest absolute Gasteiger partial charge is 0.389 e. The second kappa shape index (κ2) is 6.01. The lowest BCUT2D eigenvalue weighted by molar-refractivity contribution is 0.893. The SMILES string of the molecule is Cc1cccc(CN(C)c2nccc(C)c2C(N)=S)c1. The van der Waals surface area contributed by atoms with Crippen molar-refractivity contribution in [3.05, 3.63) is 58.8 Å². The van der Waals surface area contributed by atoms with Gasteiger partial charge in [0.2, 0.25) is 0 Å². The first-order valence-corrected chi connectivity index (χ1v) is 6.92. The number of anilines is 1. The van der Waals surface area contributed by atoms with Crippen LogP contribution in [0.4, 0.5) is 5.82 Å². The first-order valence-electron chi connectivity index (χ1n) is 6.51. The maximum absolute atomic E-state index is 5.84. The van der Waals surface area contributed by atoms with E-state index >= 15 is 0 Å². The molecule has 1 aromatic heterocycles. The van der Waals surface area contributed by atoms with Crippen molar-refractivity contribution in [3.63, 3.8) is 0 Å². The second-order valence-electron chi connectivity index (χ2n) is 5.04. The summed E-state index contributed by atoms with van der Waals surface area (Å²) in [7, 11) is 2.01. The van der Waals surface area contributed by atoms with Gasteiger partial charge in [0.1, 0.15) is 10.8 Å². The molecule has 104 valence electrons. The Balaban J connectivity index is 2.32. The van der Waals surface area contributed by atoms with E-state index in [1.165, 1.54) is 11.1 Å². The van der Waals surface area contributed by atoms with Crippen molar-refractivity contribution in [2.24, 2.45) is 5.73 Å². The Hall–Kier alpha value is -1.94. The number of rotatable bonds is 4. The predicted molar refractivity (Wildman–Crippen MR) is 88.1 cm³/mol. The first kappa shape index (κ1) is 14.5. The van der Waals surface area contributed by atoms with Gasteiger partial charge in [-0.05, 0) is 31.0 Å². The van der Waals surface area contributed by atoms with E-state index in [1.54, 1.807) is 6.20 Å². The van der Waals surface area contributed by atoms with E-state index in [-0.39, 0.29) is 0 Å². The molecule has 1 heterocycles. The smallest absolute Gasteiger partial charge is 0.139 e. The standard InChI is InChI=1S/C16H19N3S/c1-11-5-4-6-13(9-11)10-19(3)16-14(15(17)20)12(2)7-8-18-16/h4-9H,10H2,1-3H3,(H2,17,20). The fraction of sp³-hybridized carbons (Fsp3) is 0.250. The van der Waals surface area contributed by atoms with Crippen LogP contribution < -0.4 is 10.6 Å². The minimum atomic E-state index is 0.390. The predicted octanol–water partition coefficient (Wildman–Crippen LogP) is 2.97. The molecule has 0 bridgehead atoms. The van der Waals surface area contributed by atoms with Crippen LogP contribution in [0.1, 0.15) is 22.3 Å². The maximum Gasteiger partial charge on any atom is 0.139 e. The van der Waals surface area contributed by atoms with Gasteiger partial charge in [0.15, 0.2) is 0 Å². The second-order valence-corrected chi connectivity index (χ2v) is 5.48. The lowest BCUT2D eigenvalue weighted by Gasteiger charge is -2.22. The van der Waals surface area contributed by atoms with Crippen LogP contribution in [0, 0.1) is 13.8 Å². The van der Waals surface area contributed by atoms with Gasteiger partial charge in [0.05, 0.1) is 5.56 Å². The summed E-state index contributed by atoms with van der Waals surface area (Å²) < 4.78 is 0. The van der Waals surface area contributed by atoms with Crippen molar-refractivity contribution in [1.29, 1.82) is 0 Å². The number of benzene rings is 1. The average Bonchev–Trinajstić information content (AvgIpc) is 2.37. The van der Waals surface area contributed by atoms with E-state index in [2.05, 4.69) is 41.1 Å². The number of aromatic nitrogens is 1. The molecular weight excluding hydrogens is 266 g/mol. The highest BCUT2D eigenvalue weighted by Gasteiger charge is 2.14. The normalized spacial score (nSPS) is 10.3. The summed E-state index contributed by atoms with van der Waals surface area (Å²) >= 11 is 5.15. The van der Waals surface area contributed by atoms with Crippen LogP contribution in [0.3, 0.4) is 0 Å². The highest BCUT2D eigenvalue weighted by molar-refractivity contribution is 7.80. The van der Waals surface area contributed by atoms with Crippen molar-refractivity contribution in [2.45, 2.75) is 20.4 Å². The molecule has 0 spiro atoms. The molecule has 0 unspecified atom stereocenters. The topological polar surface area (TPSA) is 42.2 Å². The summed E-state index contributed by atoms with van der Waals surface area (Å²) in [6.45, 7) is 4.86. The number of pyridine rings is 1. The van der Waals surface area contributed by atoms with Crippen LogP contribution >= 0.6 is 12.2 Å². The van der Waals surface area contributed by atoms with Crippen LogP contribution in [0.2, 0.25) is 0 Å². The first-order chi connectivity index (χ1) is 9.49. The molecule has 0 aliphatic carbocycles. The van der Waals surface area contributed by atoms with Crippen molar-refractivity contribution < 1.29 is 0 Å². The van der Waals surface area contributed by atoms with Gasteiger partial charge in [-0.2, -0.15) is 0 Å². The third-order valence-electron chi connectivity index (χ3n) is 3.25. The lowest BCUT2D eigenvalue weighted by Crippen LogP contribution is -2.23. The Labute approximate surface area is 125 Å². The zero-order valence-electron chi connectivity index (χ0n) is 12.1.